The summed E-state index contributed by atoms with van der Waals surface area (Å²) in [6, 6.07) is 20.9. The summed E-state index contributed by atoms with van der Waals surface area (Å²) in [5.41, 5.74) is 2.43. The Kier molecular flexibility index (Phi) is 4.93. The molecule has 3 heterocycles. The van der Waals surface area contributed by atoms with E-state index in [-0.39, 0.29) is 9.92 Å². The number of hydrogen-bond donors (Lipinski definition) is 1. The molecule has 0 fully saturated rings. The SMILES string of the molecule is O=S(=O)(Nc1cccc(-c2ccc3nnc(-c4cccs4)n3n2)c1)c1ccccc1Cl. The number of anilines is 1. The average molecular weight is 468 g/mol. The van der Waals surface area contributed by atoms with E-state index in [2.05, 4.69) is 20.0 Å². The Balaban J connectivity index is 1.51. The third kappa shape index (κ3) is 3.78. The molecule has 7 nitrogen and oxygen atoms in total. The first-order valence-corrected chi connectivity index (χ1v) is 11.9. The van der Waals surface area contributed by atoms with Gasteiger partial charge in [-0.05, 0) is 47.8 Å². The highest BCUT2D eigenvalue weighted by Gasteiger charge is 2.18. The Morgan fingerprint density at radius 2 is 1.81 bits per heavy atom. The van der Waals surface area contributed by atoms with Gasteiger partial charge in [0.25, 0.3) is 10.0 Å². The second kappa shape index (κ2) is 7.77. The molecule has 0 spiro atoms. The van der Waals surface area contributed by atoms with E-state index in [1.165, 1.54) is 12.1 Å². The first-order chi connectivity index (χ1) is 15.0. The number of sulfonamides is 1. The molecule has 0 unspecified atom stereocenters. The largest absolute Gasteiger partial charge is 0.280 e. The van der Waals surface area contributed by atoms with Crippen LogP contribution in [0.1, 0.15) is 0 Å². The monoisotopic (exact) mass is 467 g/mol. The van der Waals surface area contributed by atoms with E-state index < -0.39 is 10.0 Å². The highest BCUT2D eigenvalue weighted by Crippen LogP contribution is 2.27. The topological polar surface area (TPSA) is 89.2 Å². The molecule has 0 saturated carbocycles. The molecule has 154 valence electrons. The van der Waals surface area contributed by atoms with E-state index in [1.54, 1.807) is 46.2 Å². The Bertz CT molecular complexity index is 1500. The Labute approximate surface area is 187 Å². The maximum Gasteiger partial charge on any atom is 0.263 e. The molecule has 0 amide bonds. The molecule has 0 aliphatic heterocycles. The zero-order valence-electron chi connectivity index (χ0n) is 15.8. The molecule has 0 aliphatic rings. The van der Waals surface area contributed by atoms with Crippen molar-refractivity contribution >= 4 is 44.3 Å². The van der Waals surface area contributed by atoms with Crippen LogP contribution >= 0.6 is 22.9 Å². The minimum Gasteiger partial charge on any atom is -0.280 e. The van der Waals surface area contributed by atoms with Gasteiger partial charge in [-0.25, -0.2) is 8.42 Å². The Hall–Kier alpha value is -3.27. The van der Waals surface area contributed by atoms with E-state index in [9.17, 15) is 8.42 Å². The first kappa shape index (κ1) is 19.7. The van der Waals surface area contributed by atoms with Crippen molar-refractivity contribution in [3.63, 3.8) is 0 Å². The lowest BCUT2D eigenvalue weighted by Gasteiger charge is -2.10. The molecular weight excluding hydrogens is 454 g/mol. The highest BCUT2D eigenvalue weighted by atomic mass is 35.5. The fraction of sp³-hybridized carbons (Fsp3) is 0. The van der Waals surface area contributed by atoms with E-state index in [1.807, 2.05) is 35.7 Å². The predicted octanol–water partition coefficient (Wildman–Crippen LogP) is 4.97. The molecule has 10 heteroatoms. The second-order valence-electron chi connectivity index (χ2n) is 6.61. The van der Waals surface area contributed by atoms with Crippen molar-refractivity contribution in [3.05, 3.63) is 83.2 Å². The van der Waals surface area contributed by atoms with Crippen LogP contribution < -0.4 is 4.72 Å². The van der Waals surface area contributed by atoms with Crippen molar-refractivity contribution in [1.82, 2.24) is 19.8 Å². The van der Waals surface area contributed by atoms with Gasteiger partial charge in [-0.1, -0.05) is 41.9 Å². The third-order valence-corrected chi connectivity index (χ3v) is 7.29. The minimum absolute atomic E-state index is 0.0201. The van der Waals surface area contributed by atoms with Crippen LogP contribution in [0.5, 0.6) is 0 Å². The van der Waals surface area contributed by atoms with Gasteiger partial charge < -0.3 is 0 Å². The summed E-state index contributed by atoms with van der Waals surface area (Å²) in [6.45, 7) is 0. The van der Waals surface area contributed by atoms with Crippen LogP contribution in [0.4, 0.5) is 5.69 Å². The van der Waals surface area contributed by atoms with Crippen molar-refractivity contribution in [2.45, 2.75) is 4.90 Å². The molecule has 3 aromatic heterocycles. The minimum atomic E-state index is -3.83. The number of rotatable bonds is 5. The summed E-state index contributed by atoms with van der Waals surface area (Å²) in [4.78, 5) is 0.977. The van der Waals surface area contributed by atoms with Crippen molar-refractivity contribution in [3.8, 4) is 22.0 Å². The molecule has 5 aromatic rings. The smallest absolute Gasteiger partial charge is 0.263 e. The van der Waals surface area contributed by atoms with Crippen LogP contribution in [0.25, 0.3) is 27.6 Å². The van der Waals surface area contributed by atoms with Crippen LogP contribution in [0.15, 0.2) is 83.1 Å². The van der Waals surface area contributed by atoms with Crippen molar-refractivity contribution in [2.75, 3.05) is 4.72 Å². The maximum absolute atomic E-state index is 12.8. The van der Waals surface area contributed by atoms with Gasteiger partial charge in [0.1, 0.15) is 4.90 Å². The second-order valence-corrected chi connectivity index (χ2v) is 9.61. The lowest BCUT2D eigenvalue weighted by atomic mass is 10.1. The van der Waals surface area contributed by atoms with Gasteiger partial charge in [-0.3, -0.25) is 4.72 Å². The molecule has 0 radical (unpaired) electrons. The highest BCUT2D eigenvalue weighted by molar-refractivity contribution is 7.92. The van der Waals surface area contributed by atoms with E-state index in [4.69, 9.17) is 11.6 Å². The standard InChI is InChI=1S/C21H14ClN5O2S2/c22-16-7-1-2-9-19(16)31(28,29)26-15-6-3-5-14(13-15)17-10-11-20-23-24-21(27(20)25-17)18-8-4-12-30-18/h1-13,26H. The van der Waals surface area contributed by atoms with Gasteiger partial charge in [0, 0.05) is 11.3 Å². The average Bonchev–Trinajstić information content (AvgIpc) is 3.43. The Morgan fingerprint density at radius 1 is 0.935 bits per heavy atom. The van der Waals surface area contributed by atoms with Crippen LogP contribution in [0.3, 0.4) is 0 Å². The lowest BCUT2D eigenvalue weighted by Crippen LogP contribution is -2.13. The van der Waals surface area contributed by atoms with Gasteiger partial charge in [-0.2, -0.15) is 9.61 Å². The maximum atomic E-state index is 12.8. The van der Waals surface area contributed by atoms with Gasteiger partial charge in [0.05, 0.1) is 15.6 Å². The molecule has 0 bridgehead atoms. The van der Waals surface area contributed by atoms with Crippen molar-refractivity contribution in [1.29, 1.82) is 0 Å². The molecule has 31 heavy (non-hydrogen) atoms. The van der Waals surface area contributed by atoms with Crippen molar-refractivity contribution < 1.29 is 8.42 Å². The number of benzene rings is 2. The zero-order chi connectivity index (χ0) is 21.4. The molecule has 2 aromatic carbocycles. The number of halogens is 1. The van der Waals surface area contributed by atoms with Gasteiger partial charge >= 0.3 is 0 Å². The first-order valence-electron chi connectivity index (χ1n) is 9.15. The van der Waals surface area contributed by atoms with E-state index in [0.717, 1.165) is 10.4 Å². The normalized spacial score (nSPS) is 11.6. The molecule has 1 N–H and O–H groups in total. The summed E-state index contributed by atoms with van der Waals surface area (Å²) in [7, 11) is -3.83. The molecule has 5 rings (SSSR count). The van der Waals surface area contributed by atoms with Crippen LogP contribution in [0.2, 0.25) is 5.02 Å². The number of thiophene rings is 1. The summed E-state index contributed by atoms with van der Waals surface area (Å²) >= 11 is 7.62. The van der Waals surface area contributed by atoms with E-state index in [0.29, 0.717) is 22.9 Å². The predicted molar refractivity (Wildman–Crippen MR) is 122 cm³/mol. The number of fused-ring (bicyclic) bond motifs is 1. The number of hydrogen-bond acceptors (Lipinski definition) is 6. The fourth-order valence-electron chi connectivity index (χ4n) is 3.12. The van der Waals surface area contributed by atoms with Crippen LogP contribution in [-0.4, -0.2) is 28.2 Å². The zero-order valence-corrected chi connectivity index (χ0v) is 18.2. The third-order valence-electron chi connectivity index (χ3n) is 4.54. The quantitative estimate of drug-likeness (QED) is 0.394. The van der Waals surface area contributed by atoms with Gasteiger partial charge in [0.15, 0.2) is 11.5 Å². The van der Waals surface area contributed by atoms with Crippen molar-refractivity contribution in [2.24, 2.45) is 0 Å². The molecular formula is C21H14ClN5O2S2. The lowest BCUT2D eigenvalue weighted by molar-refractivity contribution is 0.601. The van der Waals surface area contributed by atoms with Crippen LogP contribution in [-0.2, 0) is 10.0 Å². The summed E-state index contributed by atoms with van der Waals surface area (Å²) in [5, 5.41) is 15.2. The summed E-state index contributed by atoms with van der Waals surface area (Å²) in [6.07, 6.45) is 0. The van der Waals surface area contributed by atoms with Crippen LogP contribution in [0, 0.1) is 0 Å². The van der Waals surface area contributed by atoms with E-state index >= 15 is 0 Å². The molecule has 0 atom stereocenters. The van der Waals surface area contributed by atoms with Gasteiger partial charge in [0.2, 0.25) is 0 Å². The number of aromatic nitrogens is 4. The summed E-state index contributed by atoms with van der Waals surface area (Å²) in [5.74, 6) is 0.655. The fourth-order valence-corrected chi connectivity index (χ4v) is 5.38. The number of nitrogens with one attached hydrogen (secondary N) is 1. The summed E-state index contributed by atoms with van der Waals surface area (Å²) < 4.78 is 29.8. The number of nitrogens with zero attached hydrogens (tertiary/aromatic N) is 4. The molecule has 0 saturated heterocycles. The Morgan fingerprint density at radius 3 is 2.61 bits per heavy atom. The molecule has 0 aliphatic carbocycles. The van der Waals surface area contributed by atoms with Gasteiger partial charge in [-0.15, -0.1) is 21.5 Å².